The van der Waals surface area contributed by atoms with Crippen molar-refractivity contribution in [3.63, 3.8) is 0 Å². The Bertz CT molecular complexity index is 8650. The summed E-state index contributed by atoms with van der Waals surface area (Å²) in [5.74, 6) is 3.54. The van der Waals surface area contributed by atoms with Crippen LogP contribution in [0.1, 0.15) is 149 Å². The average Bonchev–Trinajstić information content (AvgIpc) is 1.51. The van der Waals surface area contributed by atoms with Gasteiger partial charge in [0.2, 0.25) is 47.1 Å². The van der Waals surface area contributed by atoms with Crippen LogP contribution in [0.3, 0.4) is 0 Å². The number of fused-ring (bicyclic) bond motifs is 20. The summed E-state index contributed by atoms with van der Waals surface area (Å²) in [6.07, 6.45) is 1.83. The van der Waals surface area contributed by atoms with E-state index in [1.165, 1.54) is 44.5 Å². The highest BCUT2D eigenvalue weighted by Crippen LogP contribution is 2.67. The number of hydrogen-bond donors (Lipinski definition) is 0. The summed E-state index contributed by atoms with van der Waals surface area (Å²) >= 11 is 0. The van der Waals surface area contributed by atoms with Gasteiger partial charge in [0.15, 0.2) is 0 Å². The maximum absolute atomic E-state index is 6.98. The predicted molar refractivity (Wildman–Crippen MR) is 593 cm³/mol. The Kier molecular flexibility index (Phi) is 21.3. The van der Waals surface area contributed by atoms with Gasteiger partial charge in [0.25, 0.3) is 0 Å². The standard InChI is InChI=1S/C134H104N10O4/c1-129(2,3)95-57-39-85(40-58-95)121-135-139-125(145-121)91-53-71-107-105-35-23-25-37-113(105)133(117(107)79-91)114-38-26-24-36-106(114)108-72-54-92(80-118(108)133)126-140-137-123(147-126)87-43-61-97(62-44-87)131(7,8)75-76-132(9,10)98-63-45-88(46-64-98)124-138-142-128(148-124)94-56-74-112-110-70-52-90(84-49-67-104(68-50-84)144(101-31-19-13-20-32-101)102-33-21-14-22-34-102)78-116(110)134(120(112)82-94)115-77-89(83-47-65-103(66-48-83)143(99-27-15-11-16-28-99)100-29-17-12-18-30-100)51-69-109(115)111-73-55-93(81-119(111)134)127-141-136-122(146-127)86-41-59-96(60-42-86)130(4,5)6/h11-74,77-82H,75-76H2,1-10H3. The fourth-order valence-corrected chi connectivity index (χ4v) is 23.2. The van der Waals surface area contributed by atoms with E-state index >= 15 is 0 Å². The number of benzene rings is 18. The van der Waals surface area contributed by atoms with Gasteiger partial charge in [-0.1, -0.05) is 312 Å². The molecule has 4 aromatic heterocycles. The van der Waals surface area contributed by atoms with Gasteiger partial charge in [0, 0.05) is 78.6 Å². The van der Waals surface area contributed by atoms with E-state index in [4.69, 9.17) is 48.3 Å². The highest BCUT2D eigenvalue weighted by molar-refractivity contribution is 6.01. The second-order valence-electron chi connectivity index (χ2n) is 43.0. The molecule has 714 valence electrons. The molecule has 4 heterocycles. The molecule has 2 spiro atoms. The Morgan fingerprint density at radius 2 is 0.365 bits per heavy atom. The van der Waals surface area contributed by atoms with Crippen LogP contribution >= 0.6 is 0 Å². The summed E-state index contributed by atoms with van der Waals surface area (Å²) in [5.41, 5.74) is 38.5. The minimum Gasteiger partial charge on any atom is -0.416 e. The number of para-hydroxylation sites is 4. The van der Waals surface area contributed by atoms with Crippen molar-refractivity contribution >= 4 is 34.1 Å². The second kappa shape index (κ2) is 35.0. The lowest BCUT2D eigenvalue weighted by molar-refractivity contribution is 0.375. The molecule has 4 aliphatic rings. The number of nitrogens with zero attached hydrogens (tertiary/aromatic N) is 10. The summed E-state index contributed by atoms with van der Waals surface area (Å²) in [6.45, 7) is 22.7. The molecule has 4 aliphatic carbocycles. The molecule has 26 rings (SSSR count). The third-order valence-corrected chi connectivity index (χ3v) is 31.2. The molecular formula is C134H104N10O4. The molecule has 2 unspecified atom stereocenters. The zero-order valence-corrected chi connectivity index (χ0v) is 83.9. The molecule has 18 aromatic carbocycles. The molecule has 0 aliphatic heterocycles. The van der Waals surface area contributed by atoms with Crippen LogP contribution in [0.25, 0.3) is 158 Å². The van der Waals surface area contributed by atoms with E-state index in [-0.39, 0.29) is 21.7 Å². The smallest absolute Gasteiger partial charge is 0.248 e. The first-order valence-electron chi connectivity index (χ1n) is 50.9. The highest BCUT2D eigenvalue weighted by Gasteiger charge is 2.55. The largest absolute Gasteiger partial charge is 0.416 e. The zero-order valence-electron chi connectivity index (χ0n) is 83.9. The van der Waals surface area contributed by atoms with Crippen LogP contribution in [0, 0.1) is 0 Å². The summed E-state index contributed by atoms with van der Waals surface area (Å²) in [5, 5.41) is 38.2. The summed E-state index contributed by atoms with van der Waals surface area (Å²) in [7, 11) is 0. The molecule has 22 aromatic rings. The van der Waals surface area contributed by atoms with E-state index in [0.29, 0.717) is 47.1 Å². The molecule has 14 heteroatoms. The van der Waals surface area contributed by atoms with Crippen molar-refractivity contribution in [2.45, 2.75) is 115 Å². The van der Waals surface area contributed by atoms with E-state index in [1.54, 1.807) is 0 Å². The van der Waals surface area contributed by atoms with Crippen molar-refractivity contribution in [2.24, 2.45) is 0 Å². The van der Waals surface area contributed by atoms with Crippen LogP contribution in [0.15, 0.2) is 442 Å². The van der Waals surface area contributed by atoms with Gasteiger partial charge < -0.3 is 27.5 Å². The van der Waals surface area contributed by atoms with Crippen molar-refractivity contribution in [3.05, 3.63) is 491 Å². The monoisotopic (exact) mass is 1920 g/mol. The molecule has 0 fully saturated rings. The molecule has 0 saturated heterocycles. The average molecular weight is 1920 g/mol. The van der Waals surface area contributed by atoms with Crippen molar-refractivity contribution in [3.8, 4) is 158 Å². The lowest BCUT2D eigenvalue weighted by Crippen LogP contribution is -2.26. The minimum absolute atomic E-state index is 0.0165. The van der Waals surface area contributed by atoms with Crippen LogP contribution in [0.5, 0.6) is 0 Å². The molecule has 0 bridgehead atoms. The van der Waals surface area contributed by atoms with E-state index in [9.17, 15) is 0 Å². The quantitative estimate of drug-likeness (QED) is 0.0668. The van der Waals surface area contributed by atoms with Crippen LogP contribution in [0.2, 0.25) is 0 Å². The molecule has 14 nitrogen and oxygen atoms in total. The van der Waals surface area contributed by atoms with Crippen LogP contribution in [-0.2, 0) is 32.5 Å². The Morgan fingerprint density at radius 1 is 0.176 bits per heavy atom. The molecule has 0 radical (unpaired) electrons. The van der Waals surface area contributed by atoms with Crippen LogP contribution in [0.4, 0.5) is 34.1 Å². The Morgan fingerprint density at radius 3 is 0.622 bits per heavy atom. The molecule has 0 N–H and O–H groups in total. The molecule has 2 atom stereocenters. The lowest BCUT2D eigenvalue weighted by Gasteiger charge is -2.32. The maximum atomic E-state index is 6.98. The van der Waals surface area contributed by atoms with Crippen molar-refractivity contribution < 1.29 is 17.7 Å². The maximum Gasteiger partial charge on any atom is 0.248 e. The highest BCUT2D eigenvalue weighted by atomic mass is 16.4. The van der Waals surface area contributed by atoms with E-state index < -0.39 is 10.8 Å². The molecule has 0 saturated carbocycles. The summed E-state index contributed by atoms with van der Waals surface area (Å²) in [6, 6.07) is 153. The van der Waals surface area contributed by atoms with Crippen molar-refractivity contribution in [1.82, 2.24) is 40.8 Å². The van der Waals surface area contributed by atoms with Gasteiger partial charge in [0.1, 0.15) is 0 Å². The fraction of sp³-hybridized carbons (Fsp3) is 0.134. The minimum atomic E-state index is -0.952. The van der Waals surface area contributed by atoms with E-state index in [2.05, 4.69) is 514 Å². The third kappa shape index (κ3) is 15.2. The SMILES string of the molecule is CC(C)(C)c1ccc(-c2nnc(-c3ccc4c(c3)C3(c5ccccc5-4)c4ccccc4-c4ccc(-c5nnc(-c6ccc(C(C)(C)CCC(C)(C)c7ccc(-c8nnc(-c9ccc%10c(c9)C9(c%11cc(-c%12ccc(N(c%13ccccc%13)c%13ccccc%13)cc%12)ccc%11-c%11ccc(-c%12nnc(-c%13ccc(C(C)(C)C)cc%13)o%12)cc%119)c9cc(-c%11ccc(N(c%12ccccc%12)c%12ccccc%12)cc%11)ccc9-%10)o8)cc7)cc6)o5)cc43)o2)cc1. The van der Waals surface area contributed by atoms with Gasteiger partial charge >= 0.3 is 0 Å². The van der Waals surface area contributed by atoms with Gasteiger partial charge in [-0.2, -0.15) is 0 Å². The predicted octanol–water partition coefficient (Wildman–Crippen LogP) is 34.1. The zero-order chi connectivity index (χ0) is 100. The fourth-order valence-electron chi connectivity index (χ4n) is 23.2. The van der Waals surface area contributed by atoms with E-state index in [0.717, 1.165) is 180 Å². The first-order chi connectivity index (χ1) is 72.0. The Balaban J connectivity index is 0.501. The summed E-state index contributed by atoms with van der Waals surface area (Å²) < 4.78 is 27.1. The number of aromatic nitrogens is 8. The summed E-state index contributed by atoms with van der Waals surface area (Å²) in [4.78, 5) is 4.61. The van der Waals surface area contributed by atoms with E-state index in [1.807, 2.05) is 0 Å². The van der Waals surface area contributed by atoms with Gasteiger partial charge in [-0.25, -0.2) is 0 Å². The van der Waals surface area contributed by atoms with Gasteiger partial charge in [-0.3, -0.25) is 0 Å². The normalized spacial score (nSPS) is 14.5. The molecule has 148 heavy (non-hydrogen) atoms. The van der Waals surface area contributed by atoms with Crippen molar-refractivity contribution in [2.75, 3.05) is 9.80 Å². The third-order valence-electron chi connectivity index (χ3n) is 31.2. The molecular weight excluding hydrogens is 1810 g/mol. The number of hydrogen-bond acceptors (Lipinski definition) is 14. The second-order valence-corrected chi connectivity index (χ2v) is 43.0. The Hall–Kier alpha value is -17.9. The number of anilines is 6. The van der Waals surface area contributed by atoms with Crippen LogP contribution < -0.4 is 9.80 Å². The van der Waals surface area contributed by atoms with Crippen LogP contribution in [-0.4, -0.2) is 40.8 Å². The van der Waals surface area contributed by atoms with Crippen molar-refractivity contribution in [1.29, 1.82) is 0 Å². The van der Waals surface area contributed by atoms with Gasteiger partial charge in [-0.05, 0) is 350 Å². The van der Waals surface area contributed by atoms with Gasteiger partial charge in [0.05, 0.1) is 10.8 Å². The first kappa shape index (κ1) is 90.2. The van der Waals surface area contributed by atoms with Gasteiger partial charge in [-0.15, -0.1) is 40.8 Å². The Labute approximate surface area is 861 Å². The first-order valence-corrected chi connectivity index (χ1v) is 50.9. The topological polar surface area (TPSA) is 162 Å². The molecule has 0 amide bonds. The lowest BCUT2D eigenvalue weighted by atomic mass is 9.69. The number of rotatable bonds is 21.